The Bertz CT molecular complexity index is 635. The highest BCUT2D eigenvalue weighted by atomic mass is 19.1. The number of aromatic nitrogens is 2. The lowest BCUT2D eigenvalue weighted by atomic mass is 10.3. The monoisotopic (exact) mass is 296 g/mol. The molecule has 0 aliphatic heterocycles. The van der Waals surface area contributed by atoms with E-state index >= 15 is 0 Å². The highest BCUT2D eigenvalue weighted by Crippen LogP contribution is 2.23. The zero-order chi connectivity index (χ0) is 15.4. The summed E-state index contributed by atoms with van der Waals surface area (Å²) in [5, 5.41) is 3.91. The summed E-state index contributed by atoms with van der Waals surface area (Å²) in [4.78, 5) is 11.9. The standard InChI is InChI=1S/C14H14F2N2O3/c1-3-20-12-8-11(14(19)21-4-2)18(17-12)13-9(15)6-5-7-10(13)16/h5-8H,3-4H2,1-2H3. The summed E-state index contributed by atoms with van der Waals surface area (Å²) < 4.78 is 38.6. The van der Waals surface area contributed by atoms with Gasteiger partial charge < -0.3 is 9.47 Å². The molecule has 2 aromatic rings. The maximum atomic E-state index is 13.9. The first kappa shape index (κ1) is 15.0. The van der Waals surface area contributed by atoms with E-state index in [1.807, 2.05) is 0 Å². The number of para-hydroxylation sites is 1. The van der Waals surface area contributed by atoms with Gasteiger partial charge in [-0.05, 0) is 26.0 Å². The van der Waals surface area contributed by atoms with E-state index in [1.54, 1.807) is 13.8 Å². The van der Waals surface area contributed by atoms with Crippen LogP contribution in [0.15, 0.2) is 24.3 Å². The maximum Gasteiger partial charge on any atom is 0.357 e. The molecule has 0 N–H and O–H groups in total. The Morgan fingerprint density at radius 3 is 2.48 bits per heavy atom. The molecule has 1 aromatic carbocycles. The molecular weight excluding hydrogens is 282 g/mol. The van der Waals surface area contributed by atoms with Gasteiger partial charge in [-0.15, -0.1) is 5.10 Å². The van der Waals surface area contributed by atoms with Crippen LogP contribution in [0.2, 0.25) is 0 Å². The van der Waals surface area contributed by atoms with Gasteiger partial charge in [0.2, 0.25) is 5.88 Å². The van der Waals surface area contributed by atoms with Gasteiger partial charge in [-0.1, -0.05) is 6.07 Å². The van der Waals surface area contributed by atoms with Crippen LogP contribution in [0.4, 0.5) is 8.78 Å². The van der Waals surface area contributed by atoms with E-state index in [0.29, 0.717) is 6.61 Å². The number of hydrogen-bond acceptors (Lipinski definition) is 4. The van der Waals surface area contributed by atoms with Crippen LogP contribution in [0.1, 0.15) is 24.3 Å². The first-order valence-electron chi connectivity index (χ1n) is 6.42. The molecule has 0 unspecified atom stereocenters. The molecule has 0 spiro atoms. The highest BCUT2D eigenvalue weighted by molar-refractivity contribution is 5.88. The van der Waals surface area contributed by atoms with Crippen molar-refractivity contribution in [3.05, 3.63) is 41.6 Å². The molecule has 0 amide bonds. The number of carbonyl (C=O) groups is 1. The van der Waals surface area contributed by atoms with Gasteiger partial charge in [-0.25, -0.2) is 18.3 Å². The van der Waals surface area contributed by atoms with Gasteiger partial charge in [-0.2, -0.15) is 0 Å². The quantitative estimate of drug-likeness (QED) is 0.796. The minimum absolute atomic E-state index is 0.0863. The Labute approximate surface area is 120 Å². The van der Waals surface area contributed by atoms with E-state index in [0.717, 1.165) is 16.8 Å². The smallest absolute Gasteiger partial charge is 0.357 e. The molecule has 0 aliphatic rings. The second-order valence-corrected chi connectivity index (χ2v) is 4.00. The van der Waals surface area contributed by atoms with Gasteiger partial charge in [-0.3, -0.25) is 0 Å². The Morgan fingerprint density at radius 2 is 1.90 bits per heavy atom. The first-order chi connectivity index (χ1) is 10.1. The van der Waals surface area contributed by atoms with Crippen LogP contribution in [-0.4, -0.2) is 29.0 Å². The Morgan fingerprint density at radius 1 is 1.24 bits per heavy atom. The molecular formula is C14H14F2N2O3. The van der Waals surface area contributed by atoms with Crippen molar-refractivity contribution in [2.75, 3.05) is 13.2 Å². The van der Waals surface area contributed by atoms with E-state index in [9.17, 15) is 13.6 Å². The van der Waals surface area contributed by atoms with Crippen molar-refractivity contribution in [2.45, 2.75) is 13.8 Å². The van der Waals surface area contributed by atoms with E-state index in [2.05, 4.69) is 5.10 Å². The average molecular weight is 296 g/mol. The first-order valence-corrected chi connectivity index (χ1v) is 6.42. The van der Waals surface area contributed by atoms with Gasteiger partial charge in [0.25, 0.3) is 0 Å². The molecule has 0 saturated heterocycles. The van der Waals surface area contributed by atoms with E-state index in [1.165, 1.54) is 12.1 Å². The summed E-state index contributed by atoms with van der Waals surface area (Å²) in [5.41, 5.74) is -0.559. The van der Waals surface area contributed by atoms with Crippen LogP contribution in [0.3, 0.4) is 0 Å². The summed E-state index contributed by atoms with van der Waals surface area (Å²) >= 11 is 0. The summed E-state index contributed by atoms with van der Waals surface area (Å²) in [7, 11) is 0. The molecule has 0 atom stereocenters. The highest BCUT2D eigenvalue weighted by Gasteiger charge is 2.22. The lowest BCUT2D eigenvalue weighted by Gasteiger charge is -2.08. The van der Waals surface area contributed by atoms with Crippen molar-refractivity contribution in [3.63, 3.8) is 0 Å². The molecule has 0 bridgehead atoms. The van der Waals surface area contributed by atoms with Crippen molar-refractivity contribution in [1.29, 1.82) is 0 Å². The second kappa shape index (κ2) is 6.34. The lowest BCUT2D eigenvalue weighted by molar-refractivity contribution is 0.0515. The number of halogens is 2. The minimum atomic E-state index is -0.841. The van der Waals surface area contributed by atoms with Gasteiger partial charge >= 0.3 is 5.97 Å². The lowest BCUT2D eigenvalue weighted by Crippen LogP contribution is -2.14. The molecule has 21 heavy (non-hydrogen) atoms. The third kappa shape index (κ3) is 3.01. The predicted molar refractivity (Wildman–Crippen MR) is 70.6 cm³/mol. The predicted octanol–water partition coefficient (Wildman–Crippen LogP) is 2.73. The maximum absolute atomic E-state index is 13.9. The zero-order valence-corrected chi connectivity index (χ0v) is 11.6. The fourth-order valence-electron chi connectivity index (χ4n) is 1.79. The third-order valence-electron chi connectivity index (χ3n) is 2.61. The fraction of sp³-hybridized carbons (Fsp3) is 0.286. The van der Waals surface area contributed by atoms with Crippen LogP contribution in [0.25, 0.3) is 5.69 Å². The zero-order valence-electron chi connectivity index (χ0n) is 11.6. The Balaban J connectivity index is 2.58. The van der Waals surface area contributed by atoms with Crippen LogP contribution >= 0.6 is 0 Å². The van der Waals surface area contributed by atoms with Crippen molar-refractivity contribution < 1.29 is 23.0 Å². The van der Waals surface area contributed by atoms with Crippen molar-refractivity contribution in [3.8, 4) is 11.6 Å². The van der Waals surface area contributed by atoms with E-state index in [-0.39, 0.29) is 18.2 Å². The molecule has 0 saturated carbocycles. The normalized spacial score (nSPS) is 10.5. The van der Waals surface area contributed by atoms with Crippen molar-refractivity contribution in [1.82, 2.24) is 9.78 Å². The topological polar surface area (TPSA) is 53.4 Å². The van der Waals surface area contributed by atoms with Gasteiger partial charge in [0, 0.05) is 6.07 Å². The molecule has 2 rings (SSSR count). The molecule has 0 radical (unpaired) electrons. The molecule has 0 aliphatic carbocycles. The average Bonchev–Trinajstić information content (AvgIpc) is 2.83. The number of esters is 1. The SMILES string of the molecule is CCOC(=O)c1cc(OCC)nn1-c1c(F)cccc1F. The minimum Gasteiger partial charge on any atom is -0.477 e. The number of rotatable bonds is 5. The Kier molecular flexibility index (Phi) is 4.52. The second-order valence-electron chi connectivity index (χ2n) is 4.00. The number of ether oxygens (including phenoxy) is 2. The van der Waals surface area contributed by atoms with Gasteiger partial charge in [0.15, 0.2) is 17.3 Å². The van der Waals surface area contributed by atoms with Crippen LogP contribution in [0.5, 0.6) is 5.88 Å². The molecule has 0 fully saturated rings. The Hall–Kier alpha value is -2.44. The molecule has 112 valence electrons. The summed E-state index contributed by atoms with van der Waals surface area (Å²) in [6.07, 6.45) is 0. The van der Waals surface area contributed by atoms with E-state index < -0.39 is 23.3 Å². The van der Waals surface area contributed by atoms with Crippen molar-refractivity contribution in [2.24, 2.45) is 0 Å². The third-order valence-corrected chi connectivity index (χ3v) is 2.61. The van der Waals surface area contributed by atoms with Crippen molar-refractivity contribution >= 4 is 5.97 Å². The van der Waals surface area contributed by atoms with Crippen LogP contribution < -0.4 is 4.74 Å². The van der Waals surface area contributed by atoms with E-state index in [4.69, 9.17) is 9.47 Å². The molecule has 5 nitrogen and oxygen atoms in total. The number of carbonyl (C=O) groups excluding carboxylic acids is 1. The van der Waals surface area contributed by atoms with Crippen LogP contribution in [0, 0.1) is 11.6 Å². The number of nitrogens with zero attached hydrogens (tertiary/aromatic N) is 2. The number of hydrogen-bond donors (Lipinski definition) is 0. The van der Waals surface area contributed by atoms with Crippen LogP contribution in [-0.2, 0) is 4.74 Å². The number of benzene rings is 1. The summed E-state index contributed by atoms with van der Waals surface area (Å²) in [6, 6.07) is 4.67. The summed E-state index contributed by atoms with van der Waals surface area (Å²) in [6.45, 7) is 3.80. The summed E-state index contributed by atoms with van der Waals surface area (Å²) in [5.74, 6) is -2.33. The fourth-order valence-corrected chi connectivity index (χ4v) is 1.79. The molecule has 1 aromatic heterocycles. The largest absolute Gasteiger partial charge is 0.477 e. The molecule has 1 heterocycles. The van der Waals surface area contributed by atoms with Gasteiger partial charge in [0.1, 0.15) is 5.69 Å². The van der Waals surface area contributed by atoms with Gasteiger partial charge in [0.05, 0.1) is 13.2 Å². The molecule has 7 heteroatoms.